The lowest BCUT2D eigenvalue weighted by molar-refractivity contribution is 0.0500. The zero-order valence-corrected chi connectivity index (χ0v) is 14.3. The second-order valence-electron chi connectivity index (χ2n) is 5.65. The third kappa shape index (κ3) is 5.31. The van der Waals surface area contributed by atoms with Crippen molar-refractivity contribution in [2.24, 2.45) is 0 Å². The number of esters is 1. The fourth-order valence-electron chi connectivity index (χ4n) is 2.34. The fourth-order valence-corrected chi connectivity index (χ4v) is 2.34. The van der Waals surface area contributed by atoms with Gasteiger partial charge in [0.05, 0.1) is 12.2 Å². The summed E-state index contributed by atoms with van der Waals surface area (Å²) in [5.41, 5.74) is 1.34. The van der Waals surface area contributed by atoms with Crippen molar-refractivity contribution in [2.45, 2.75) is 12.8 Å². The van der Waals surface area contributed by atoms with Crippen molar-refractivity contribution in [3.8, 4) is 11.6 Å². The minimum Gasteiger partial charge on any atom is -0.462 e. The molecule has 0 saturated carbocycles. The zero-order chi connectivity index (χ0) is 19.1. The van der Waals surface area contributed by atoms with Crippen molar-refractivity contribution in [2.75, 3.05) is 6.61 Å². The Morgan fingerprint density at radius 2 is 1.81 bits per heavy atom. The molecule has 2 aromatic heterocycles. The number of carbonyl (C=O) groups is 1. The normalized spacial score (nSPS) is 10.4. The molecule has 0 aliphatic carbocycles. The number of ether oxygens (including phenoxy) is 2. The highest BCUT2D eigenvalue weighted by Gasteiger charge is 2.11. The summed E-state index contributed by atoms with van der Waals surface area (Å²) in [5.74, 6) is -2.28. The van der Waals surface area contributed by atoms with Crippen molar-refractivity contribution in [1.82, 2.24) is 9.97 Å². The van der Waals surface area contributed by atoms with E-state index in [0.717, 1.165) is 24.1 Å². The Bertz CT molecular complexity index is 920. The van der Waals surface area contributed by atoms with Crippen LogP contribution in [-0.4, -0.2) is 22.5 Å². The van der Waals surface area contributed by atoms with Crippen molar-refractivity contribution >= 4 is 5.97 Å². The van der Waals surface area contributed by atoms with Gasteiger partial charge in [-0.05, 0) is 48.7 Å². The standard InChI is InChI=1S/C20H16F2N2O3/c21-16-3-4-18(17(22)13-16)27-19-12-15(7-10-24-19)20(25)26-11-1-2-14-5-8-23-9-6-14/h3-10,12-13H,1-2,11H2. The molecule has 0 unspecified atom stereocenters. The van der Waals surface area contributed by atoms with Crippen LogP contribution in [-0.2, 0) is 11.2 Å². The van der Waals surface area contributed by atoms with Gasteiger partial charge < -0.3 is 9.47 Å². The predicted octanol–water partition coefficient (Wildman–Crippen LogP) is 4.34. The maximum atomic E-state index is 13.7. The van der Waals surface area contributed by atoms with E-state index in [0.29, 0.717) is 12.5 Å². The monoisotopic (exact) mass is 370 g/mol. The van der Waals surface area contributed by atoms with Gasteiger partial charge in [-0.25, -0.2) is 18.6 Å². The minimum absolute atomic E-state index is 0.00624. The van der Waals surface area contributed by atoms with E-state index in [2.05, 4.69) is 9.97 Å². The maximum Gasteiger partial charge on any atom is 0.338 e. The van der Waals surface area contributed by atoms with Gasteiger partial charge in [0, 0.05) is 30.7 Å². The van der Waals surface area contributed by atoms with Crippen LogP contribution in [0.3, 0.4) is 0 Å². The number of halogens is 2. The lowest BCUT2D eigenvalue weighted by atomic mass is 10.1. The summed E-state index contributed by atoms with van der Waals surface area (Å²) in [6, 6.07) is 9.55. The Morgan fingerprint density at radius 1 is 1.00 bits per heavy atom. The zero-order valence-electron chi connectivity index (χ0n) is 14.3. The Kier molecular flexibility index (Phi) is 6.04. The number of pyridine rings is 2. The SMILES string of the molecule is O=C(OCCCc1ccncc1)c1ccnc(Oc2ccc(F)cc2F)c1. The third-order valence-electron chi connectivity index (χ3n) is 3.67. The molecule has 0 spiro atoms. The van der Waals surface area contributed by atoms with E-state index >= 15 is 0 Å². The molecule has 1 aromatic carbocycles. The summed E-state index contributed by atoms with van der Waals surface area (Å²) in [7, 11) is 0. The summed E-state index contributed by atoms with van der Waals surface area (Å²) >= 11 is 0. The second kappa shape index (κ2) is 8.84. The summed E-state index contributed by atoms with van der Waals surface area (Å²) in [6.45, 7) is 0.256. The number of hydrogen-bond donors (Lipinski definition) is 0. The van der Waals surface area contributed by atoms with Gasteiger partial charge in [0.25, 0.3) is 0 Å². The molecule has 0 saturated heterocycles. The highest BCUT2D eigenvalue weighted by Crippen LogP contribution is 2.24. The van der Waals surface area contributed by atoms with Crippen molar-refractivity contribution in [1.29, 1.82) is 0 Å². The Balaban J connectivity index is 1.55. The van der Waals surface area contributed by atoms with Gasteiger partial charge in [-0.2, -0.15) is 0 Å². The third-order valence-corrected chi connectivity index (χ3v) is 3.67. The van der Waals surface area contributed by atoms with Crippen LogP contribution >= 0.6 is 0 Å². The smallest absolute Gasteiger partial charge is 0.338 e. The minimum atomic E-state index is -0.860. The van der Waals surface area contributed by atoms with Crippen LogP contribution < -0.4 is 4.74 Å². The maximum absolute atomic E-state index is 13.7. The molecule has 0 amide bonds. The van der Waals surface area contributed by atoms with E-state index < -0.39 is 17.6 Å². The quantitative estimate of drug-likeness (QED) is 0.457. The van der Waals surface area contributed by atoms with Crippen molar-refractivity contribution in [3.05, 3.63) is 83.8 Å². The van der Waals surface area contributed by atoms with E-state index in [-0.39, 0.29) is 23.8 Å². The number of aromatic nitrogens is 2. The van der Waals surface area contributed by atoms with Crippen LogP contribution in [0, 0.1) is 11.6 Å². The molecule has 0 N–H and O–H groups in total. The van der Waals surface area contributed by atoms with Gasteiger partial charge >= 0.3 is 5.97 Å². The highest BCUT2D eigenvalue weighted by atomic mass is 19.1. The molecule has 0 aliphatic heterocycles. The first-order valence-corrected chi connectivity index (χ1v) is 8.27. The summed E-state index contributed by atoms with van der Waals surface area (Å²) < 4.78 is 37.1. The van der Waals surface area contributed by atoms with Gasteiger partial charge in [0.15, 0.2) is 11.6 Å². The molecular formula is C20H16F2N2O3. The van der Waals surface area contributed by atoms with Gasteiger partial charge in [0.2, 0.25) is 5.88 Å². The summed E-state index contributed by atoms with van der Waals surface area (Å²) in [4.78, 5) is 20.0. The van der Waals surface area contributed by atoms with E-state index in [1.54, 1.807) is 12.4 Å². The van der Waals surface area contributed by atoms with Crippen LogP contribution in [0.2, 0.25) is 0 Å². The fraction of sp³-hybridized carbons (Fsp3) is 0.150. The van der Waals surface area contributed by atoms with Crippen LogP contribution in [0.15, 0.2) is 61.1 Å². The molecular weight excluding hydrogens is 354 g/mol. The van der Waals surface area contributed by atoms with Crippen LogP contribution in [0.1, 0.15) is 22.3 Å². The topological polar surface area (TPSA) is 61.3 Å². The largest absolute Gasteiger partial charge is 0.462 e. The van der Waals surface area contributed by atoms with Gasteiger partial charge in [-0.3, -0.25) is 4.98 Å². The molecule has 0 fully saturated rings. The molecule has 2 heterocycles. The van der Waals surface area contributed by atoms with Gasteiger partial charge in [-0.1, -0.05) is 0 Å². The number of benzene rings is 1. The molecule has 3 aromatic rings. The van der Waals surface area contributed by atoms with E-state index in [1.807, 2.05) is 12.1 Å². The first-order valence-electron chi connectivity index (χ1n) is 8.27. The lowest BCUT2D eigenvalue weighted by Gasteiger charge is -2.08. The highest BCUT2D eigenvalue weighted by molar-refractivity contribution is 5.89. The molecule has 27 heavy (non-hydrogen) atoms. The predicted molar refractivity (Wildman–Crippen MR) is 93.5 cm³/mol. The molecule has 5 nitrogen and oxygen atoms in total. The van der Waals surface area contributed by atoms with Crippen LogP contribution in [0.5, 0.6) is 11.6 Å². The molecule has 7 heteroatoms. The number of nitrogens with zero attached hydrogens (tertiary/aromatic N) is 2. The van der Waals surface area contributed by atoms with Crippen molar-refractivity contribution in [3.63, 3.8) is 0 Å². The molecule has 0 atom stereocenters. The van der Waals surface area contributed by atoms with Crippen LogP contribution in [0.25, 0.3) is 0 Å². The lowest BCUT2D eigenvalue weighted by Crippen LogP contribution is -2.07. The Morgan fingerprint density at radius 3 is 2.59 bits per heavy atom. The Hall–Kier alpha value is -3.35. The molecule has 0 radical (unpaired) electrons. The average Bonchev–Trinajstić information content (AvgIpc) is 2.68. The first-order chi connectivity index (χ1) is 13.1. The molecule has 0 aliphatic rings. The molecule has 3 rings (SSSR count). The van der Waals surface area contributed by atoms with E-state index in [4.69, 9.17) is 9.47 Å². The van der Waals surface area contributed by atoms with Gasteiger partial charge in [-0.15, -0.1) is 0 Å². The average molecular weight is 370 g/mol. The number of hydrogen-bond acceptors (Lipinski definition) is 5. The van der Waals surface area contributed by atoms with Gasteiger partial charge in [0.1, 0.15) is 5.82 Å². The number of aryl methyl sites for hydroxylation is 1. The summed E-state index contributed by atoms with van der Waals surface area (Å²) in [6.07, 6.45) is 6.22. The molecule has 0 bridgehead atoms. The number of rotatable bonds is 7. The Labute approximate surface area is 154 Å². The summed E-state index contributed by atoms with van der Waals surface area (Å²) in [5, 5.41) is 0. The van der Waals surface area contributed by atoms with Crippen molar-refractivity contribution < 1.29 is 23.0 Å². The van der Waals surface area contributed by atoms with Crippen LogP contribution in [0.4, 0.5) is 8.78 Å². The number of carbonyl (C=O) groups excluding carboxylic acids is 1. The van der Waals surface area contributed by atoms with E-state index in [9.17, 15) is 13.6 Å². The second-order valence-corrected chi connectivity index (χ2v) is 5.65. The first kappa shape index (κ1) is 18.4. The van der Waals surface area contributed by atoms with E-state index in [1.165, 1.54) is 18.3 Å². The molecule has 138 valence electrons.